The predicted octanol–water partition coefficient (Wildman–Crippen LogP) is 6.89. The molecule has 2 aromatic heterocycles. The van der Waals surface area contributed by atoms with Crippen LogP contribution in [0.4, 0.5) is 28.3 Å². The third-order valence-corrected chi connectivity index (χ3v) is 8.99. The standard InChI is InChI=1S/C25H30BrF4N5O3Si/c1-39(2,3)10-9-38-14-35-13-17(16-6-7-19(27)20(26)22(16)35)21-18(25(28,29)30)11-31-23(33-21)32-15-5-4-8-34(12-15)24(36)37/h6-7,11,13,15H,4-5,8-10,12,14H2,1-3H3,(H,36,37)(H,31,32,33)/t15-/m0/s1. The number of benzene rings is 1. The first-order valence-corrected chi connectivity index (χ1v) is 17.0. The van der Waals surface area contributed by atoms with E-state index in [1.54, 1.807) is 4.57 Å². The number of piperidine rings is 1. The molecule has 1 aliphatic rings. The Kier molecular flexibility index (Phi) is 8.57. The lowest BCUT2D eigenvalue weighted by Gasteiger charge is -2.31. The Balaban J connectivity index is 1.74. The highest BCUT2D eigenvalue weighted by Gasteiger charge is 2.37. The molecule has 2 N–H and O–H groups in total. The number of amides is 1. The largest absolute Gasteiger partial charge is 0.465 e. The van der Waals surface area contributed by atoms with Crippen LogP contribution in [-0.2, 0) is 17.6 Å². The van der Waals surface area contributed by atoms with Crippen molar-refractivity contribution in [3.63, 3.8) is 0 Å². The zero-order valence-corrected chi connectivity index (χ0v) is 24.4. The summed E-state index contributed by atoms with van der Waals surface area (Å²) in [6.07, 6.45) is -2.40. The minimum atomic E-state index is -4.75. The second-order valence-corrected chi connectivity index (χ2v) is 17.2. The average molecular weight is 633 g/mol. The number of nitrogens with one attached hydrogen (secondary N) is 1. The third-order valence-electron chi connectivity index (χ3n) is 6.53. The van der Waals surface area contributed by atoms with Gasteiger partial charge in [-0.1, -0.05) is 19.6 Å². The lowest BCUT2D eigenvalue weighted by atomic mass is 10.1. The van der Waals surface area contributed by atoms with E-state index in [-0.39, 0.29) is 41.0 Å². The second kappa shape index (κ2) is 11.4. The number of anilines is 1. The molecule has 0 unspecified atom stereocenters. The molecule has 1 saturated heterocycles. The molecule has 0 saturated carbocycles. The number of carboxylic acid groups (broad SMARTS) is 1. The maximum absolute atomic E-state index is 14.5. The smallest absolute Gasteiger partial charge is 0.419 e. The first-order valence-electron chi connectivity index (χ1n) is 12.5. The molecular formula is C25H30BrF4N5O3Si. The van der Waals surface area contributed by atoms with Gasteiger partial charge in [0, 0.05) is 57.2 Å². The zero-order chi connectivity index (χ0) is 28.5. The number of fused-ring (bicyclic) bond motifs is 1. The average Bonchev–Trinajstić information content (AvgIpc) is 3.22. The SMILES string of the molecule is C[Si](C)(C)CCOCn1cc(-c2nc(N[C@H]3CCCN(C(=O)O)C3)ncc2C(F)(F)F)c2ccc(F)c(Br)c21. The summed E-state index contributed by atoms with van der Waals surface area (Å²) in [5.74, 6) is -0.611. The monoisotopic (exact) mass is 631 g/mol. The van der Waals surface area contributed by atoms with Gasteiger partial charge in [0.1, 0.15) is 18.1 Å². The predicted molar refractivity (Wildman–Crippen MR) is 146 cm³/mol. The van der Waals surface area contributed by atoms with E-state index in [1.807, 2.05) is 0 Å². The van der Waals surface area contributed by atoms with Crippen LogP contribution in [0.1, 0.15) is 18.4 Å². The molecule has 4 rings (SSSR count). The van der Waals surface area contributed by atoms with Crippen LogP contribution < -0.4 is 5.32 Å². The fraction of sp³-hybridized carbons (Fsp3) is 0.480. The number of aromatic nitrogens is 3. The Bertz CT molecular complexity index is 1360. The fourth-order valence-electron chi connectivity index (χ4n) is 4.48. The zero-order valence-electron chi connectivity index (χ0n) is 21.8. The Hall–Kier alpha value is -2.71. The van der Waals surface area contributed by atoms with Crippen molar-refractivity contribution in [1.29, 1.82) is 0 Å². The van der Waals surface area contributed by atoms with E-state index in [1.165, 1.54) is 23.2 Å². The van der Waals surface area contributed by atoms with Crippen molar-refractivity contribution < 1.29 is 32.2 Å². The number of hydrogen-bond donors (Lipinski definition) is 2. The Morgan fingerprint density at radius 3 is 2.72 bits per heavy atom. The van der Waals surface area contributed by atoms with Crippen molar-refractivity contribution in [2.24, 2.45) is 0 Å². The molecule has 0 bridgehead atoms. The van der Waals surface area contributed by atoms with E-state index in [0.717, 1.165) is 6.04 Å². The first-order chi connectivity index (χ1) is 18.2. The molecular weight excluding hydrogens is 602 g/mol. The van der Waals surface area contributed by atoms with Gasteiger partial charge in [0.05, 0.1) is 15.7 Å². The van der Waals surface area contributed by atoms with Gasteiger partial charge in [0.15, 0.2) is 0 Å². The van der Waals surface area contributed by atoms with Gasteiger partial charge in [-0.3, -0.25) is 0 Å². The lowest BCUT2D eigenvalue weighted by molar-refractivity contribution is -0.137. The van der Waals surface area contributed by atoms with Crippen LogP contribution in [0.25, 0.3) is 22.2 Å². The van der Waals surface area contributed by atoms with Gasteiger partial charge in [-0.25, -0.2) is 19.2 Å². The van der Waals surface area contributed by atoms with Crippen molar-refractivity contribution >= 4 is 46.9 Å². The summed E-state index contributed by atoms with van der Waals surface area (Å²) < 4.78 is 64.3. The molecule has 1 atom stereocenters. The van der Waals surface area contributed by atoms with Crippen LogP contribution in [0.5, 0.6) is 0 Å². The Morgan fingerprint density at radius 2 is 2.05 bits per heavy atom. The summed E-state index contributed by atoms with van der Waals surface area (Å²) >= 11 is 3.25. The normalized spacial score (nSPS) is 16.6. The number of alkyl halides is 3. The number of hydrogen-bond acceptors (Lipinski definition) is 5. The molecule has 14 heteroatoms. The Morgan fingerprint density at radius 1 is 1.31 bits per heavy atom. The van der Waals surface area contributed by atoms with Crippen LogP contribution in [0.2, 0.25) is 25.7 Å². The van der Waals surface area contributed by atoms with Crippen LogP contribution in [-0.4, -0.2) is 64.4 Å². The fourth-order valence-corrected chi connectivity index (χ4v) is 5.81. The van der Waals surface area contributed by atoms with E-state index >= 15 is 0 Å². The number of nitrogens with zero attached hydrogens (tertiary/aromatic N) is 4. The third kappa shape index (κ3) is 6.90. The molecule has 0 spiro atoms. The van der Waals surface area contributed by atoms with Gasteiger partial charge in [-0.15, -0.1) is 0 Å². The second-order valence-electron chi connectivity index (χ2n) is 10.8. The van der Waals surface area contributed by atoms with Gasteiger partial charge in [0.25, 0.3) is 0 Å². The van der Waals surface area contributed by atoms with E-state index in [2.05, 4.69) is 50.9 Å². The topological polar surface area (TPSA) is 92.5 Å². The molecule has 39 heavy (non-hydrogen) atoms. The van der Waals surface area contributed by atoms with Gasteiger partial charge >= 0.3 is 12.3 Å². The van der Waals surface area contributed by atoms with Gasteiger partial charge in [-0.05, 0) is 46.9 Å². The molecule has 8 nitrogen and oxygen atoms in total. The van der Waals surface area contributed by atoms with Crippen molar-refractivity contribution in [1.82, 2.24) is 19.4 Å². The summed E-state index contributed by atoms with van der Waals surface area (Å²) in [5.41, 5.74) is -0.907. The molecule has 0 aliphatic carbocycles. The molecule has 1 aliphatic heterocycles. The van der Waals surface area contributed by atoms with Crippen molar-refractivity contribution in [2.45, 2.75) is 57.5 Å². The number of rotatable bonds is 8. The minimum absolute atomic E-state index is 0.0215. The number of likely N-dealkylation sites (tertiary alicyclic amines) is 1. The van der Waals surface area contributed by atoms with Crippen LogP contribution in [0, 0.1) is 5.82 Å². The highest BCUT2D eigenvalue weighted by Crippen LogP contribution is 2.41. The summed E-state index contributed by atoms with van der Waals surface area (Å²) in [4.78, 5) is 20.8. The van der Waals surface area contributed by atoms with E-state index < -0.39 is 31.7 Å². The number of halogens is 5. The first kappa shape index (κ1) is 29.3. The summed E-state index contributed by atoms with van der Waals surface area (Å²) in [6.45, 7) is 7.66. The van der Waals surface area contributed by atoms with Crippen LogP contribution in [0.15, 0.2) is 29.0 Å². The summed E-state index contributed by atoms with van der Waals surface area (Å²) in [7, 11) is -1.37. The maximum Gasteiger partial charge on any atom is 0.419 e. The van der Waals surface area contributed by atoms with Crippen LogP contribution in [0.3, 0.4) is 0 Å². The van der Waals surface area contributed by atoms with E-state index in [4.69, 9.17) is 4.74 Å². The molecule has 3 aromatic rings. The molecule has 1 aromatic carbocycles. The highest BCUT2D eigenvalue weighted by atomic mass is 79.9. The van der Waals surface area contributed by atoms with E-state index in [9.17, 15) is 27.5 Å². The quantitative estimate of drug-likeness (QED) is 0.160. The summed E-state index contributed by atoms with van der Waals surface area (Å²) in [6, 6.07) is 3.14. The number of carbonyl (C=O) groups is 1. The van der Waals surface area contributed by atoms with E-state index in [0.29, 0.717) is 43.1 Å². The Labute approximate surface area is 232 Å². The molecule has 0 radical (unpaired) electrons. The van der Waals surface area contributed by atoms with Crippen molar-refractivity contribution in [3.05, 3.63) is 40.4 Å². The molecule has 3 heterocycles. The van der Waals surface area contributed by atoms with Crippen molar-refractivity contribution in [3.8, 4) is 11.3 Å². The van der Waals surface area contributed by atoms with Gasteiger partial charge in [-0.2, -0.15) is 13.2 Å². The number of ether oxygens (including phenoxy) is 1. The van der Waals surface area contributed by atoms with Crippen molar-refractivity contribution in [2.75, 3.05) is 25.0 Å². The maximum atomic E-state index is 14.5. The molecule has 1 amide bonds. The minimum Gasteiger partial charge on any atom is -0.465 e. The lowest BCUT2D eigenvalue weighted by Crippen LogP contribution is -2.44. The van der Waals surface area contributed by atoms with Gasteiger partial charge in [0.2, 0.25) is 5.95 Å². The van der Waals surface area contributed by atoms with Gasteiger partial charge < -0.3 is 24.6 Å². The molecule has 1 fully saturated rings. The summed E-state index contributed by atoms with van der Waals surface area (Å²) in [5, 5.41) is 12.7. The highest BCUT2D eigenvalue weighted by molar-refractivity contribution is 9.10. The van der Waals surface area contributed by atoms with Crippen LogP contribution >= 0.6 is 15.9 Å². The molecule has 212 valence electrons.